The van der Waals surface area contributed by atoms with Gasteiger partial charge >= 0.3 is 6.09 Å². The maximum absolute atomic E-state index is 14.5. The van der Waals surface area contributed by atoms with Crippen molar-refractivity contribution in [3.8, 4) is 11.1 Å². The summed E-state index contributed by atoms with van der Waals surface area (Å²) in [7, 11) is -8.28. The van der Waals surface area contributed by atoms with E-state index >= 15 is 0 Å². The van der Waals surface area contributed by atoms with E-state index in [4.69, 9.17) is 4.74 Å². The van der Waals surface area contributed by atoms with Crippen LogP contribution in [0.4, 0.5) is 4.79 Å². The molecule has 0 unspecified atom stereocenters. The molecule has 0 aromatic heterocycles. The Bertz CT molecular complexity index is 1990. The normalized spacial score (nSPS) is 24.2. The molecule has 0 spiro atoms. The van der Waals surface area contributed by atoms with Crippen molar-refractivity contribution in [2.75, 3.05) is 13.2 Å². The molecule has 1 aliphatic heterocycles. The Kier molecular flexibility index (Phi) is 10.5. The standard InChI is InChI=1S/C37H47N5O9S2/c1-5-26-21-37(26,34(45)40-52(47,48)28-18-19-28)39-32(43)30-22-41(53(49,50)29-17-11-14-25(20-29)24-12-7-6-8-13-24)23-42(30)33(44)31(36(2,3)4)38-35(46)51-27-15-9-10-16-27/h5-8,11-14,17,20,26-28,30-31H,1,9-10,15-16,18-19,21-23H2,2-4H3,(H,38,46)(H,39,43)(H,40,45)/t26-,30+,31-,37-/m1/s1. The van der Waals surface area contributed by atoms with Gasteiger partial charge in [0.25, 0.3) is 5.91 Å². The number of nitrogens with zero attached hydrogens (tertiary/aromatic N) is 2. The van der Waals surface area contributed by atoms with Crippen molar-refractivity contribution in [2.45, 2.75) is 99.6 Å². The number of hydrogen-bond donors (Lipinski definition) is 3. The van der Waals surface area contributed by atoms with Gasteiger partial charge in [-0.3, -0.25) is 19.1 Å². The monoisotopic (exact) mass is 769 g/mol. The first-order valence-electron chi connectivity index (χ1n) is 17.9. The zero-order valence-corrected chi connectivity index (χ0v) is 31.7. The summed E-state index contributed by atoms with van der Waals surface area (Å²) in [4.78, 5) is 56.3. The fourth-order valence-corrected chi connectivity index (χ4v) is 9.80. The van der Waals surface area contributed by atoms with Gasteiger partial charge in [-0.15, -0.1) is 6.58 Å². The summed E-state index contributed by atoms with van der Waals surface area (Å²) in [6, 6.07) is 12.8. The number of carbonyl (C=O) groups excluding carboxylic acids is 4. The molecule has 0 radical (unpaired) electrons. The lowest BCUT2D eigenvalue weighted by Gasteiger charge is -2.35. The summed E-state index contributed by atoms with van der Waals surface area (Å²) in [5.41, 5.74) is -1.15. The maximum atomic E-state index is 14.5. The lowest BCUT2D eigenvalue weighted by Crippen LogP contribution is -2.60. The SMILES string of the molecule is C=C[C@@H]1C[C@]1(NC(=O)[C@@H]1CN(S(=O)(=O)c2cccc(-c3ccccc3)c2)CN1C(=O)[C@@H](NC(=O)OC1CCCC1)C(C)(C)C)C(=O)NS(=O)(=O)C1CC1. The van der Waals surface area contributed by atoms with Gasteiger partial charge in [-0.2, -0.15) is 4.31 Å². The molecule has 4 atom stereocenters. The number of benzene rings is 2. The van der Waals surface area contributed by atoms with Gasteiger partial charge in [0, 0.05) is 12.5 Å². The van der Waals surface area contributed by atoms with Crippen molar-refractivity contribution < 1.29 is 40.8 Å². The molecule has 53 heavy (non-hydrogen) atoms. The van der Waals surface area contributed by atoms with Gasteiger partial charge in [-0.05, 0) is 73.6 Å². The van der Waals surface area contributed by atoms with Crippen molar-refractivity contribution in [3.63, 3.8) is 0 Å². The second-order valence-corrected chi connectivity index (χ2v) is 19.3. The molecule has 4 aliphatic rings. The third-order valence-corrected chi connectivity index (χ3v) is 14.0. The van der Waals surface area contributed by atoms with Gasteiger partial charge in [0.15, 0.2) is 0 Å². The van der Waals surface area contributed by atoms with Gasteiger partial charge < -0.3 is 20.3 Å². The molecule has 2 aromatic rings. The van der Waals surface area contributed by atoms with Crippen molar-refractivity contribution in [1.29, 1.82) is 0 Å². The fraction of sp³-hybridized carbons (Fsp3) is 0.514. The summed E-state index contributed by atoms with van der Waals surface area (Å²) < 4.78 is 62.5. The first-order valence-corrected chi connectivity index (χ1v) is 20.9. The highest BCUT2D eigenvalue weighted by atomic mass is 32.2. The van der Waals surface area contributed by atoms with Crippen LogP contribution in [0.5, 0.6) is 0 Å². The van der Waals surface area contributed by atoms with Crippen molar-refractivity contribution in [2.24, 2.45) is 11.3 Å². The smallest absolute Gasteiger partial charge is 0.408 e. The number of nitrogens with one attached hydrogen (secondary N) is 3. The first-order chi connectivity index (χ1) is 25.0. The zero-order chi connectivity index (χ0) is 38.3. The van der Waals surface area contributed by atoms with Crippen LogP contribution in [0.2, 0.25) is 0 Å². The van der Waals surface area contributed by atoms with Gasteiger partial charge in [0.1, 0.15) is 23.7 Å². The Balaban J connectivity index is 1.30. The Morgan fingerprint density at radius 1 is 0.943 bits per heavy atom. The highest BCUT2D eigenvalue weighted by molar-refractivity contribution is 7.91. The number of hydrogen-bond acceptors (Lipinski definition) is 9. The molecule has 2 aromatic carbocycles. The maximum Gasteiger partial charge on any atom is 0.408 e. The first kappa shape index (κ1) is 38.4. The van der Waals surface area contributed by atoms with Crippen LogP contribution < -0.4 is 15.4 Å². The third-order valence-electron chi connectivity index (χ3n) is 10.4. The number of alkyl carbamates (subject to hydrolysis) is 1. The highest BCUT2D eigenvalue weighted by Gasteiger charge is 2.62. The molecule has 3 saturated carbocycles. The molecule has 4 amide bonds. The Morgan fingerprint density at radius 2 is 1.60 bits per heavy atom. The fourth-order valence-electron chi connectivity index (χ4n) is 7.00. The van der Waals surface area contributed by atoms with Gasteiger partial charge in [0.05, 0.1) is 16.8 Å². The van der Waals surface area contributed by atoms with Gasteiger partial charge in [-0.1, -0.05) is 69.3 Å². The number of ether oxygens (including phenoxy) is 1. The van der Waals surface area contributed by atoms with Gasteiger partial charge in [-0.25, -0.2) is 21.6 Å². The van der Waals surface area contributed by atoms with Crippen LogP contribution in [-0.4, -0.2) is 92.0 Å². The molecule has 3 aliphatic carbocycles. The lowest BCUT2D eigenvalue weighted by atomic mass is 9.85. The molecule has 14 nitrogen and oxygen atoms in total. The molecule has 1 saturated heterocycles. The van der Waals surface area contributed by atoms with E-state index in [-0.39, 0.29) is 17.4 Å². The van der Waals surface area contributed by atoms with Crippen LogP contribution in [0.1, 0.15) is 65.7 Å². The predicted molar refractivity (Wildman–Crippen MR) is 196 cm³/mol. The number of sulfonamides is 2. The topological polar surface area (TPSA) is 188 Å². The molecule has 286 valence electrons. The van der Waals surface area contributed by atoms with Crippen molar-refractivity contribution in [3.05, 3.63) is 67.3 Å². The van der Waals surface area contributed by atoms with E-state index in [9.17, 15) is 36.0 Å². The minimum atomic E-state index is -4.32. The second kappa shape index (κ2) is 14.5. The van der Waals surface area contributed by atoms with E-state index in [2.05, 4.69) is 21.9 Å². The van der Waals surface area contributed by atoms with Crippen LogP contribution in [0.3, 0.4) is 0 Å². The molecule has 6 rings (SSSR count). The average molecular weight is 770 g/mol. The molecule has 1 heterocycles. The van der Waals surface area contributed by atoms with E-state index in [1.165, 1.54) is 18.2 Å². The van der Waals surface area contributed by atoms with Crippen LogP contribution in [0.15, 0.2) is 72.1 Å². The summed E-state index contributed by atoms with van der Waals surface area (Å²) in [5.74, 6) is -3.13. The predicted octanol–water partition coefficient (Wildman–Crippen LogP) is 3.27. The van der Waals surface area contributed by atoms with Crippen molar-refractivity contribution >= 4 is 43.9 Å². The molecule has 0 bridgehead atoms. The second-order valence-electron chi connectivity index (χ2n) is 15.4. The summed E-state index contributed by atoms with van der Waals surface area (Å²) in [6.45, 7) is 7.87. The largest absolute Gasteiger partial charge is 0.446 e. The van der Waals surface area contributed by atoms with Crippen LogP contribution in [0.25, 0.3) is 11.1 Å². The number of carbonyl (C=O) groups is 4. The Hall–Kier alpha value is -4.28. The van der Waals surface area contributed by atoms with E-state index in [1.54, 1.807) is 32.9 Å². The summed E-state index contributed by atoms with van der Waals surface area (Å²) >= 11 is 0. The quantitative estimate of drug-likeness (QED) is 0.272. The minimum Gasteiger partial charge on any atom is -0.446 e. The Labute approximate surface area is 310 Å². The molecular weight excluding hydrogens is 723 g/mol. The summed E-state index contributed by atoms with van der Waals surface area (Å²) in [6.07, 6.45) is 4.49. The molecule has 3 N–H and O–H groups in total. The van der Waals surface area contributed by atoms with Gasteiger partial charge in [0.2, 0.25) is 31.9 Å². The van der Waals surface area contributed by atoms with E-state index in [0.29, 0.717) is 31.2 Å². The average Bonchev–Trinajstić information content (AvgIpc) is 3.99. The van der Waals surface area contributed by atoms with E-state index in [1.807, 2.05) is 30.3 Å². The number of rotatable bonds is 12. The lowest BCUT2D eigenvalue weighted by molar-refractivity contribution is -0.142. The van der Waals surface area contributed by atoms with Crippen LogP contribution in [0, 0.1) is 11.3 Å². The minimum absolute atomic E-state index is 0.0579. The Morgan fingerprint density at radius 3 is 2.21 bits per heavy atom. The summed E-state index contributed by atoms with van der Waals surface area (Å²) in [5, 5.41) is 4.65. The van der Waals surface area contributed by atoms with Crippen molar-refractivity contribution in [1.82, 2.24) is 24.6 Å². The highest BCUT2D eigenvalue weighted by Crippen LogP contribution is 2.45. The van der Waals surface area contributed by atoms with E-state index in [0.717, 1.165) is 27.6 Å². The third kappa shape index (κ3) is 8.14. The van der Waals surface area contributed by atoms with Crippen LogP contribution >= 0.6 is 0 Å². The molecular formula is C37H47N5O9S2. The van der Waals surface area contributed by atoms with E-state index < -0.39 is 91.3 Å². The van der Waals surface area contributed by atoms with Crippen LogP contribution in [-0.2, 0) is 39.2 Å². The number of amides is 4. The molecule has 16 heteroatoms. The zero-order valence-electron chi connectivity index (χ0n) is 30.1. The molecule has 4 fully saturated rings.